The molecule has 1 amide bonds. The molecule has 1 aliphatic rings. The number of aromatic nitrogens is 1. The maximum Gasteiger partial charge on any atom is 0.254 e. The fourth-order valence-electron chi connectivity index (χ4n) is 4.62. The molecule has 0 bridgehead atoms. The van der Waals surface area contributed by atoms with Crippen molar-refractivity contribution >= 4 is 5.91 Å². The van der Waals surface area contributed by atoms with Gasteiger partial charge in [0.1, 0.15) is 5.82 Å². The highest BCUT2D eigenvalue weighted by Gasteiger charge is 2.20. The van der Waals surface area contributed by atoms with Crippen LogP contribution >= 0.6 is 0 Å². The van der Waals surface area contributed by atoms with Gasteiger partial charge in [0.2, 0.25) is 0 Å². The average Bonchev–Trinajstić information content (AvgIpc) is 3.50. The first-order valence-corrected chi connectivity index (χ1v) is 13.0. The van der Waals surface area contributed by atoms with E-state index in [0.29, 0.717) is 49.3 Å². The summed E-state index contributed by atoms with van der Waals surface area (Å²) in [6.07, 6.45) is 4.46. The quantitative estimate of drug-likeness (QED) is 0.248. The second-order valence-electron chi connectivity index (χ2n) is 9.63. The van der Waals surface area contributed by atoms with Crippen molar-refractivity contribution in [3.63, 3.8) is 0 Å². The number of ether oxygens (including phenoxy) is 3. The summed E-state index contributed by atoms with van der Waals surface area (Å²) in [7, 11) is 1.62. The first-order chi connectivity index (χ1) is 19.1. The molecule has 39 heavy (non-hydrogen) atoms. The van der Waals surface area contributed by atoms with E-state index in [0.717, 1.165) is 35.3 Å². The molecule has 0 N–H and O–H groups in total. The number of nitrogens with zero attached hydrogens (tertiary/aromatic N) is 2. The number of carbonyl (C=O) groups excluding carboxylic acids is 1. The Hall–Kier alpha value is -4.23. The van der Waals surface area contributed by atoms with E-state index < -0.39 is 0 Å². The van der Waals surface area contributed by atoms with Gasteiger partial charge in [0, 0.05) is 43.6 Å². The summed E-state index contributed by atoms with van der Waals surface area (Å²) >= 11 is 0. The minimum atomic E-state index is -0.281. The number of halogens is 1. The van der Waals surface area contributed by atoms with Crippen LogP contribution in [0.4, 0.5) is 4.39 Å². The second-order valence-corrected chi connectivity index (χ2v) is 9.63. The molecular formula is C32H31FN2O4. The molecule has 5 rings (SSSR count). The average molecular weight is 527 g/mol. The van der Waals surface area contributed by atoms with Gasteiger partial charge in [-0.05, 0) is 71.1 Å². The molecule has 2 heterocycles. The summed E-state index contributed by atoms with van der Waals surface area (Å²) < 4.78 is 30.4. The van der Waals surface area contributed by atoms with Gasteiger partial charge in [-0.15, -0.1) is 0 Å². The number of carbonyl (C=O) groups is 1. The number of hydrogen-bond donors (Lipinski definition) is 0. The number of benzene rings is 3. The molecule has 0 aliphatic carbocycles. The molecule has 200 valence electrons. The molecule has 0 saturated carbocycles. The van der Waals surface area contributed by atoms with Crippen molar-refractivity contribution in [1.82, 2.24) is 9.88 Å². The third-order valence-corrected chi connectivity index (χ3v) is 6.79. The predicted molar refractivity (Wildman–Crippen MR) is 147 cm³/mol. The number of methoxy groups -OCH3 is 1. The maximum absolute atomic E-state index is 13.7. The number of rotatable bonds is 10. The van der Waals surface area contributed by atoms with E-state index in [-0.39, 0.29) is 11.7 Å². The van der Waals surface area contributed by atoms with Crippen LogP contribution in [-0.4, -0.2) is 42.7 Å². The highest BCUT2D eigenvalue weighted by Crippen LogP contribution is 2.30. The van der Waals surface area contributed by atoms with E-state index in [1.54, 1.807) is 36.5 Å². The van der Waals surface area contributed by atoms with Crippen LogP contribution in [0.25, 0.3) is 11.1 Å². The van der Waals surface area contributed by atoms with E-state index in [1.807, 2.05) is 54.6 Å². The molecule has 1 fully saturated rings. The normalized spacial score (nSPS) is 14.7. The Morgan fingerprint density at radius 1 is 0.974 bits per heavy atom. The third kappa shape index (κ3) is 6.81. The zero-order valence-electron chi connectivity index (χ0n) is 21.9. The molecule has 1 saturated heterocycles. The first kappa shape index (κ1) is 26.4. The van der Waals surface area contributed by atoms with E-state index in [4.69, 9.17) is 14.2 Å². The summed E-state index contributed by atoms with van der Waals surface area (Å²) in [4.78, 5) is 19.7. The Labute approximate surface area is 228 Å². The molecule has 0 unspecified atom stereocenters. The zero-order valence-corrected chi connectivity index (χ0v) is 21.9. The van der Waals surface area contributed by atoms with Crippen LogP contribution in [0.15, 0.2) is 91.3 Å². The van der Waals surface area contributed by atoms with Gasteiger partial charge < -0.3 is 19.1 Å². The summed E-state index contributed by atoms with van der Waals surface area (Å²) in [5.74, 6) is 1.28. The molecule has 0 spiro atoms. The summed E-state index contributed by atoms with van der Waals surface area (Å²) in [6.45, 7) is 2.80. The molecule has 7 heteroatoms. The second kappa shape index (κ2) is 12.5. The topological polar surface area (TPSA) is 60.9 Å². The van der Waals surface area contributed by atoms with Crippen molar-refractivity contribution in [1.29, 1.82) is 0 Å². The lowest BCUT2D eigenvalue weighted by molar-refractivity contribution is 0.0729. The summed E-state index contributed by atoms with van der Waals surface area (Å²) in [5, 5.41) is 0. The lowest BCUT2D eigenvalue weighted by Crippen LogP contribution is -2.30. The fraction of sp³-hybridized carbons (Fsp3) is 0.250. The fourth-order valence-corrected chi connectivity index (χ4v) is 4.62. The molecule has 0 radical (unpaired) electrons. The Morgan fingerprint density at radius 3 is 2.38 bits per heavy atom. The van der Waals surface area contributed by atoms with Gasteiger partial charge in [0.25, 0.3) is 5.91 Å². The van der Waals surface area contributed by atoms with Crippen molar-refractivity contribution in [3.05, 3.63) is 114 Å². The van der Waals surface area contributed by atoms with Crippen LogP contribution < -0.4 is 9.47 Å². The minimum absolute atomic E-state index is 0.106. The van der Waals surface area contributed by atoms with Crippen molar-refractivity contribution in [3.8, 4) is 22.6 Å². The number of pyridine rings is 1. The van der Waals surface area contributed by atoms with Crippen LogP contribution in [0.5, 0.6) is 11.5 Å². The number of hydrogen-bond acceptors (Lipinski definition) is 5. The Morgan fingerprint density at radius 2 is 1.72 bits per heavy atom. The SMILES string of the molecule is COc1ccc(CN(Cc2cccnc2)C(=O)c2ccc(-c3ccc(F)cc3)cc2)cc1OC[C@@H]1CCOC1. The van der Waals surface area contributed by atoms with Gasteiger partial charge in [-0.3, -0.25) is 9.78 Å². The van der Waals surface area contributed by atoms with Crippen LogP contribution in [-0.2, 0) is 17.8 Å². The van der Waals surface area contributed by atoms with Gasteiger partial charge in [-0.25, -0.2) is 4.39 Å². The Kier molecular flexibility index (Phi) is 8.48. The van der Waals surface area contributed by atoms with Crippen LogP contribution in [0.1, 0.15) is 27.9 Å². The molecule has 4 aromatic rings. The first-order valence-electron chi connectivity index (χ1n) is 13.0. The Bertz CT molecular complexity index is 1370. The Balaban J connectivity index is 1.37. The van der Waals surface area contributed by atoms with Gasteiger partial charge >= 0.3 is 0 Å². The van der Waals surface area contributed by atoms with Crippen molar-refractivity contribution < 1.29 is 23.4 Å². The van der Waals surface area contributed by atoms with Crippen LogP contribution in [0.3, 0.4) is 0 Å². The maximum atomic E-state index is 13.7. The van der Waals surface area contributed by atoms with Crippen molar-refractivity contribution in [2.75, 3.05) is 26.9 Å². The number of amides is 1. The molecular weight excluding hydrogens is 495 g/mol. The summed E-state index contributed by atoms with van der Waals surface area (Å²) in [5.41, 5.74) is 4.22. The summed E-state index contributed by atoms with van der Waals surface area (Å²) in [6, 6.07) is 23.3. The molecule has 1 aliphatic heterocycles. The van der Waals surface area contributed by atoms with Crippen molar-refractivity contribution in [2.24, 2.45) is 5.92 Å². The highest BCUT2D eigenvalue weighted by molar-refractivity contribution is 5.94. The molecule has 6 nitrogen and oxygen atoms in total. The molecule has 1 aromatic heterocycles. The largest absolute Gasteiger partial charge is 0.493 e. The van der Waals surface area contributed by atoms with Gasteiger partial charge in [-0.2, -0.15) is 0 Å². The van der Waals surface area contributed by atoms with E-state index in [2.05, 4.69) is 4.98 Å². The zero-order chi connectivity index (χ0) is 27.0. The standard InChI is InChI=1S/C32H31FN2O4/c1-37-30-13-4-23(17-31(30)39-22-25-14-16-38-21-25)19-35(20-24-3-2-15-34-18-24)32(36)28-7-5-26(6-8-28)27-9-11-29(33)12-10-27/h2-13,15,17-18,25H,14,16,19-22H2,1H3/t25-/m1/s1. The van der Waals surface area contributed by atoms with Gasteiger partial charge in [0.15, 0.2) is 11.5 Å². The predicted octanol–water partition coefficient (Wildman–Crippen LogP) is 6.15. The van der Waals surface area contributed by atoms with E-state index in [9.17, 15) is 9.18 Å². The smallest absolute Gasteiger partial charge is 0.254 e. The third-order valence-electron chi connectivity index (χ3n) is 6.79. The molecule has 3 aromatic carbocycles. The van der Waals surface area contributed by atoms with Crippen LogP contribution in [0.2, 0.25) is 0 Å². The lowest BCUT2D eigenvalue weighted by atomic mass is 10.0. The minimum Gasteiger partial charge on any atom is -0.493 e. The molecule has 1 atom stereocenters. The van der Waals surface area contributed by atoms with Crippen LogP contribution in [0, 0.1) is 11.7 Å². The van der Waals surface area contributed by atoms with Gasteiger partial charge in [0.05, 0.1) is 20.3 Å². The monoisotopic (exact) mass is 526 g/mol. The highest BCUT2D eigenvalue weighted by atomic mass is 19.1. The van der Waals surface area contributed by atoms with Crippen molar-refractivity contribution in [2.45, 2.75) is 19.5 Å². The van der Waals surface area contributed by atoms with E-state index >= 15 is 0 Å². The van der Waals surface area contributed by atoms with Gasteiger partial charge in [-0.1, -0.05) is 36.4 Å². The van der Waals surface area contributed by atoms with E-state index in [1.165, 1.54) is 12.1 Å². The lowest BCUT2D eigenvalue weighted by Gasteiger charge is -2.24.